The molecule has 9 heteroatoms. The largest absolute Gasteiger partial charge is 0.367 e. The first-order valence-corrected chi connectivity index (χ1v) is 5.60. The highest BCUT2D eigenvalue weighted by atomic mass is 32.1. The molecule has 2 rings (SSSR count). The van der Waals surface area contributed by atoms with Gasteiger partial charge in [0.1, 0.15) is 12.9 Å². The Hall–Kier alpha value is -2.16. The van der Waals surface area contributed by atoms with Gasteiger partial charge < -0.3 is 16.0 Å². The number of nitrogen functional groups attached to an aromatic ring is 1. The average molecular weight is 254 g/mol. The molecule has 0 saturated heterocycles. The lowest BCUT2D eigenvalue weighted by Gasteiger charge is -2.02. The zero-order chi connectivity index (χ0) is 12.3. The molecule has 0 saturated carbocycles. The average Bonchev–Trinajstić information content (AvgIpc) is 2.85. The number of hydrogen-bond acceptors (Lipinski definition) is 6. The van der Waals surface area contributed by atoms with Crippen LogP contribution in [0.3, 0.4) is 0 Å². The predicted molar refractivity (Wildman–Crippen MR) is 61.2 cm³/mol. The molecule has 0 spiro atoms. The van der Waals surface area contributed by atoms with Gasteiger partial charge in [-0.3, -0.25) is 9.59 Å². The van der Waals surface area contributed by atoms with Crippen molar-refractivity contribution in [3.63, 3.8) is 0 Å². The van der Waals surface area contributed by atoms with Gasteiger partial charge in [0.05, 0.1) is 6.54 Å². The fraction of sp³-hybridized carbons (Fsp3) is 0.250. The van der Waals surface area contributed by atoms with E-state index in [9.17, 15) is 9.59 Å². The molecule has 0 radical (unpaired) electrons. The fourth-order valence-corrected chi connectivity index (χ4v) is 1.76. The summed E-state index contributed by atoms with van der Waals surface area (Å²) in [5.74, 6) is -0.109. The molecule has 0 aliphatic carbocycles. The summed E-state index contributed by atoms with van der Waals surface area (Å²) in [5, 5.41) is 8.08. The molecule has 0 aliphatic rings. The third-order valence-electron chi connectivity index (χ3n) is 1.91. The van der Waals surface area contributed by atoms with E-state index < -0.39 is 0 Å². The standard InChI is InChI=1S/C8H10N6O2S/c9-7-11-4-14(13-7)2-6(15)10-1-5-3-17-8(16)12-5/h3-4H,1-2H2,(H2,9,13)(H,10,15)(H,12,16). The van der Waals surface area contributed by atoms with Gasteiger partial charge in [0.2, 0.25) is 11.9 Å². The van der Waals surface area contributed by atoms with Crippen LogP contribution in [0.1, 0.15) is 5.69 Å². The van der Waals surface area contributed by atoms with Gasteiger partial charge in [0.15, 0.2) is 0 Å². The van der Waals surface area contributed by atoms with Crippen molar-refractivity contribution >= 4 is 23.2 Å². The van der Waals surface area contributed by atoms with E-state index in [-0.39, 0.29) is 29.8 Å². The lowest BCUT2D eigenvalue weighted by Crippen LogP contribution is -2.27. The Kier molecular flexibility index (Phi) is 3.19. The van der Waals surface area contributed by atoms with Crippen molar-refractivity contribution in [1.29, 1.82) is 0 Å². The lowest BCUT2D eigenvalue weighted by molar-refractivity contribution is -0.122. The predicted octanol–water partition coefficient (Wildman–Crippen LogP) is -1.07. The maximum atomic E-state index is 11.5. The molecule has 2 aromatic heterocycles. The molecule has 2 heterocycles. The second kappa shape index (κ2) is 4.78. The van der Waals surface area contributed by atoms with Crippen LogP contribution in [0.2, 0.25) is 0 Å². The van der Waals surface area contributed by atoms with Gasteiger partial charge in [-0.15, -0.1) is 5.10 Å². The summed E-state index contributed by atoms with van der Waals surface area (Å²) in [4.78, 5) is 28.5. The summed E-state index contributed by atoms with van der Waals surface area (Å²) >= 11 is 1.06. The summed E-state index contributed by atoms with van der Waals surface area (Å²) < 4.78 is 1.33. The van der Waals surface area contributed by atoms with Crippen molar-refractivity contribution in [1.82, 2.24) is 25.1 Å². The zero-order valence-electron chi connectivity index (χ0n) is 8.71. The number of nitrogens with two attached hydrogens (primary N) is 1. The number of rotatable bonds is 4. The summed E-state index contributed by atoms with van der Waals surface area (Å²) in [5.41, 5.74) is 5.98. The van der Waals surface area contributed by atoms with E-state index in [0.717, 1.165) is 11.3 Å². The number of hydrogen-bond donors (Lipinski definition) is 3. The van der Waals surface area contributed by atoms with E-state index in [1.165, 1.54) is 11.0 Å². The third-order valence-corrected chi connectivity index (χ3v) is 2.63. The molecule has 0 unspecified atom stereocenters. The van der Waals surface area contributed by atoms with Crippen LogP contribution < -0.4 is 15.9 Å². The SMILES string of the molecule is Nc1ncn(CC(=O)NCc2csc(=O)[nH]2)n1. The zero-order valence-corrected chi connectivity index (χ0v) is 9.53. The van der Waals surface area contributed by atoms with Crippen molar-refractivity contribution in [2.45, 2.75) is 13.1 Å². The molecule has 0 atom stereocenters. The van der Waals surface area contributed by atoms with Gasteiger partial charge in [-0.1, -0.05) is 11.3 Å². The molecule has 4 N–H and O–H groups in total. The molecule has 8 nitrogen and oxygen atoms in total. The van der Waals surface area contributed by atoms with E-state index in [1.807, 2.05) is 0 Å². The molecule has 0 aromatic carbocycles. The van der Waals surface area contributed by atoms with Gasteiger partial charge in [0, 0.05) is 11.1 Å². The van der Waals surface area contributed by atoms with Gasteiger partial charge >= 0.3 is 4.87 Å². The lowest BCUT2D eigenvalue weighted by atomic mass is 10.4. The van der Waals surface area contributed by atoms with Crippen LogP contribution in [0.15, 0.2) is 16.5 Å². The normalized spacial score (nSPS) is 10.4. The van der Waals surface area contributed by atoms with Crippen molar-refractivity contribution in [2.75, 3.05) is 5.73 Å². The van der Waals surface area contributed by atoms with Crippen LogP contribution in [0, 0.1) is 0 Å². The number of anilines is 1. The monoisotopic (exact) mass is 254 g/mol. The first-order valence-electron chi connectivity index (χ1n) is 4.72. The van der Waals surface area contributed by atoms with E-state index in [4.69, 9.17) is 5.73 Å². The minimum atomic E-state index is -0.234. The highest BCUT2D eigenvalue weighted by Gasteiger charge is 2.05. The number of thiazole rings is 1. The number of H-pyrrole nitrogens is 1. The molecule has 0 aliphatic heterocycles. The van der Waals surface area contributed by atoms with Crippen LogP contribution in [0.25, 0.3) is 0 Å². The molecule has 2 aromatic rings. The number of aromatic amines is 1. The summed E-state index contributed by atoms with van der Waals surface area (Å²) in [6, 6.07) is 0. The Labute approximate surface area is 99.5 Å². The quantitative estimate of drug-likeness (QED) is 0.641. The molecule has 17 heavy (non-hydrogen) atoms. The second-order valence-corrected chi connectivity index (χ2v) is 4.09. The molecule has 1 amide bonds. The van der Waals surface area contributed by atoms with Crippen LogP contribution in [0.4, 0.5) is 5.95 Å². The Morgan fingerprint density at radius 1 is 1.65 bits per heavy atom. The highest BCUT2D eigenvalue weighted by molar-refractivity contribution is 7.07. The Bertz CT molecular complexity index is 570. The summed E-state index contributed by atoms with van der Waals surface area (Å²) in [7, 11) is 0. The van der Waals surface area contributed by atoms with Crippen LogP contribution in [-0.4, -0.2) is 25.7 Å². The Morgan fingerprint density at radius 2 is 2.47 bits per heavy atom. The van der Waals surface area contributed by atoms with E-state index in [0.29, 0.717) is 5.69 Å². The van der Waals surface area contributed by atoms with E-state index >= 15 is 0 Å². The highest BCUT2D eigenvalue weighted by Crippen LogP contribution is 1.95. The molecule has 90 valence electrons. The van der Waals surface area contributed by atoms with Crippen LogP contribution in [0.5, 0.6) is 0 Å². The van der Waals surface area contributed by atoms with Crippen molar-refractivity contribution < 1.29 is 4.79 Å². The van der Waals surface area contributed by atoms with Crippen molar-refractivity contribution in [2.24, 2.45) is 0 Å². The van der Waals surface area contributed by atoms with E-state index in [1.54, 1.807) is 5.38 Å². The molecule has 0 fully saturated rings. The van der Waals surface area contributed by atoms with Gasteiger partial charge in [-0.25, -0.2) is 9.67 Å². The first kappa shape index (κ1) is 11.3. The summed E-state index contributed by atoms with van der Waals surface area (Å²) in [6.45, 7) is 0.320. The third kappa shape index (κ3) is 3.14. The van der Waals surface area contributed by atoms with Crippen molar-refractivity contribution in [3.05, 3.63) is 27.1 Å². The second-order valence-electron chi connectivity index (χ2n) is 3.25. The van der Waals surface area contributed by atoms with Crippen LogP contribution in [-0.2, 0) is 17.9 Å². The number of carbonyl (C=O) groups excluding carboxylic acids is 1. The smallest absolute Gasteiger partial charge is 0.304 e. The Balaban J connectivity index is 1.83. The van der Waals surface area contributed by atoms with E-state index in [2.05, 4.69) is 20.4 Å². The molecular formula is C8H10N6O2S. The maximum Gasteiger partial charge on any atom is 0.304 e. The maximum absolute atomic E-state index is 11.5. The number of amides is 1. The van der Waals surface area contributed by atoms with Gasteiger partial charge in [-0.2, -0.15) is 0 Å². The number of nitrogens with one attached hydrogen (secondary N) is 2. The van der Waals surface area contributed by atoms with Crippen LogP contribution >= 0.6 is 11.3 Å². The number of aromatic nitrogens is 4. The van der Waals surface area contributed by atoms with Gasteiger partial charge in [0.25, 0.3) is 0 Å². The molecular weight excluding hydrogens is 244 g/mol. The first-order chi connectivity index (χ1) is 8.13. The minimum absolute atomic E-state index is 0.0402. The number of nitrogens with zero attached hydrogens (tertiary/aromatic N) is 3. The fourth-order valence-electron chi connectivity index (χ4n) is 1.18. The topological polar surface area (TPSA) is 119 Å². The van der Waals surface area contributed by atoms with Crippen molar-refractivity contribution in [3.8, 4) is 0 Å². The summed E-state index contributed by atoms with van der Waals surface area (Å²) in [6.07, 6.45) is 1.38. The number of carbonyl (C=O) groups is 1. The Morgan fingerprint density at radius 3 is 3.06 bits per heavy atom. The molecule has 0 bridgehead atoms. The van der Waals surface area contributed by atoms with Gasteiger partial charge in [-0.05, 0) is 0 Å². The minimum Gasteiger partial charge on any atom is -0.367 e.